The molecule has 1 N–H and O–H groups in total. The number of phenolic OH excluding ortho intramolecular Hbond substituents is 1. The maximum absolute atomic E-state index is 13.9. The molecule has 3 rings (SSSR count). The van der Waals surface area contributed by atoms with E-state index in [0.29, 0.717) is 18.7 Å². The van der Waals surface area contributed by atoms with Gasteiger partial charge in [-0.2, -0.15) is 0 Å². The highest BCUT2D eigenvalue weighted by Gasteiger charge is 2.08. The highest BCUT2D eigenvalue weighted by atomic mass is 19.1. The van der Waals surface area contributed by atoms with E-state index >= 15 is 0 Å². The summed E-state index contributed by atoms with van der Waals surface area (Å²) in [5, 5.41) is 9.38. The lowest BCUT2D eigenvalue weighted by atomic mass is 10.0. The van der Waals surface area contributed by atoms with Crippen LogP contribution in [-0.4, -0.2) is 21.2 Å². The number of aryl methyl sites for hydroxylation is 1. The van der Waals surface area contributed by atoms with Crippen LogP contribution in [0.3, 0.4) is 0 Å². The van der Waals surface area contributed by atoms with E-state index < -0.39 is 6.17 Å². The Hall–Kier alpha value is -2.75. The minimum absolute atomic E-state index is 0.237. The van der Waals surface area contributed by atoms with E-state index in [2.05, 4.69) is 16.9 Å². The summed E-state index contributed by atoms with van der Waals surface area (Å²) in [7, 11) is 0. The van der Waals surface area contributed by atoms with Gasteiger partial charge in [0.1, 0.15) is 11.9 Å². The third kappa shape index (κ3) is 5.62. The van der Waals surface area contributed by atoms with Crippen LogP contribution in [-0.2, 0) is 6.42 Å². The second-order valence-electron chi connectivity index (χ2n) is 7.17. The van der Waals surface area contributed by atoms with Gasteiger partial charge in [-0.05, 0) is 42.5 Å². The van der Waals surface area contributed by atoms with Crippen molar-refractivity contribution >= 4 is 0 Å². The number of rotatable bonds is 9. The minimum atomic E-state index is -0.706. The van der Waals surface area contributed by atoms with Gasteiger partial charge in [-0.25, -0.2) is 14.4 Å². The molecule has 0 aliphatic rings. The van der Waals surface area contributed by atoms with E-state index in [4.69, 9.17) is 0 Å². The predicted molar refractivity (Wildman–Crippen MR) is 112 cm³/mol. The summed E-state index contributed by atoms with van der Waals surface area (Å²) in [6.45, 7) is 2.14. The van der Waals surface area contributed by atoms with Crippen LogP contribution in [0, 0.1) is 0 Å². The van der Waals surface area contributed by atoms with E-state index in [1.54, 1.807) is 24.5 Å². The van der Waals surface area contributed by atoms with Crippen molar-refractivity contribution in [3.05, 3.63) is 66.5 Å². The van der Waals surface area contributed by atoms with Crippen LogP contribution in [0.2, 0.25) is 0 Å². The zero-order valence-corrected chi connectivity index (χ0v) is 16.3. The summed E-state index contributed by atoms with van der Waals surface area (Å²) in [4.78, 5) is 8.92. The molecule has 0 amide bonds. The van der Waals surface area contributed by atoms with Gasteiger partial charge in [-0.3, -0.25) is 0 Å². The van der Waals surface area contributed by atoms with Crippen molar-refractivity contribution in [2.24, 2.45) is 0 Å². The van der Waals surface area contributed by atoms with Crippen molar-refractivity contribution in [1.29, 1.82) is 0 Å². The molecule has 4 heteroatoms. The van der Waals surface area contributed by atoms with Crippen LogP contribution in [0.1, 0.15) is 44.6 Å². The van der Waals surface area contributed by atoms with Crippen LogP contribution in [0.15, 0.2) is 60.9 Å². The lowest BCUT2D eigenvalue weighted by Crippen LogP contribution is -2.02. The van der Waals surface area contributed by atoms with Crippen molar-refractivity contribution < 1.29 is 9.50 Å². The van der Waals surface area contributed by atoms with Crippen molar-refractivity contribution in [1.82, 2.24) is 9.97 Å². The monoisotopic (exact) mass is 378 g/mol. The number of aromatic hydroxyl groups is 1. The largest absolute Gasteiger partial charge is 0.508 e. The number of halogens is 1. The molecule has 1 aromatic heterocycles. The van der Waals surface area contributed by atoms with E-state index in [0.717, 1.165) is 47.9 Å². The first-order chi connectivity index (χ1) is 13.7. The Morgan fingerprint density at radius 3 is 2.11 bits per heavy atom. The highest BCUT2D eigenvalue weighted by molar-refractivity contribution is 5.64. The number of phenols is 1. The van der Waals surface area contributed by atoms with Crippen LogP contribution in [0.25, 0.3) is 22.5 Å². The molecule has 0 saturated carbocycles. The maximum atomic E-state index is 13.9. The molecule has 146 valence electrons. The number of nitrogens with zero attached hydrogens (tertiary/aromatic N) is 2. The highest BCUT2D eigenvalue weighted by Crippen LogP contribution is 2.23. The normalized spacial score (nSPS) is 12.1. The molecular weight excluding hydrogens is 351 g/mol. The van der Waals surface area contributed by atoms with Crippen molar-refractivity contribution in [3.63, 3.8) is 0 Å². The topological polar surface area (TPSA) is 46.0 Å². The minimum Gasteiger partial charge on any atom is -0.508 e. The molecule has 1 heterocycles. The average molecular weight is 378 g/mol. The number of benzene rings is 2. The lowest BCUT2D eigenvalue weighted by Gasteiger charge is -2.08. The molecule has 0 saturated heterocycles. The van der Waals surface area contributed by atoms with Gasteiger partial charge in [0.05, 0.1) is 0 Å². The molecule has 3 aromatic rings. The molecule has 0 bridgehead atoms. The molecular formula is C24H27FN2O. The molecule has 28 heavy (non-hydrogen) atoms. The van der Waals surface area contributed by atoms with Gasteiger partial charge < -0.3 is 5.11 Å². The molecule has 3 nitrogen and oxygen atoms in total. The standard InChI is InChI=1S/C24H27FN2O/c1-2-3-4-5-22(25)13-8-18-6-9-20(10-7-18)24-26-16-21(17-27-24)19-11-14-23(28)15-12-19/h6-7,9-12,14-17,22,28H,2-5,8,13H2,1H3/t22-/m0/s1. The van der Waals surface area contributed by atoms with E-state index in [1.807, 2.05) is 36.4 Å². The SMILES string of the molecule is CCCCC[C@H](F)CCc1ccc(-c2ncc(-c3ccc(O)cc3)cn2)cc1. The molecule has 2 aromatic carbocycles. The van der Waals surface area contributed by atoms with Gasteiger partial charge in [0, 0.05) is 23.5 Å². The molecule has 1 atom stereocenters. The summed E-state index contributed by atoms with van der Waals surface area (Å²) in [5.74, 6) is 0.901. The lowest BCUT2D eigenvalue weighted by molar-refractivity contribution is 0.288. The van der Waals surface area contributed by atoms with Gasteiger partial charge in [-0.1, -0.05) is 62.6 Å². The Labute approximate surface area is 166 Å². The summed E-state index contributed by atoms with van der Waals surface area (Å²) < 4.78 is 13.9. The van der Waals surface area contributed by atoms with Crippen LogP contribution in [0.5, 0.6) is 5.75 Å². The zero-order valence-electron chi connectivity index (χ0n) is 16.3. The van der Waals surface area contributed by atoms with Crippen molar-refractivity contribution in [2.75, 3.05) is 0 Å². The van der Waals surface area contributed by atoms with Crippen molar-refractivity contribution in [2.45, 2.75) is 51.6 Å². The van der Waals surface area contributed by atoms with E-state index in [9.17, 15) is 9.50 Å². The quantitative estimate of drug-likeness (QED) is 0.440. The fourth-order valence-corrected chi connectivity index (χ4v) is 3.18. The molecule has 0 fully saturated rings. The van der Waals surface area contributed by atoms with Crippen LogP contribution in [0.4, 0.5) is 4.39 Å². The molecule has 0 radical (unpaired) electrons. The van der Waals surface area contributed by atoms with E-state index in [1.165, 1.54) is 0 Å². The summed E-state index contributed by atoms with van der Waals surface area (Å²) in [5.41, 5.74) is 3.94. The van der Waals surface area contributed by atoms with Gasteiger partial charge in [0.25, 0.3) is 0 Å². The Bertz CT molecular complexity index is 845. The number of alkyl halides is 1. The number of aromatic nitrogens is 2. The molecule has 0 aliphatic heterocycles. The number of hydrogen-bond donors (Lipinski definition) is 1. The zero-order chi connectivity index (χ0) is 19.8. The Balaban J connectivity index is 1.58. The third-order valence-electron chi connectivity index (χ3n) is 4.93. The Kier molecular flexibility index (Phi) is 7.12. The van der Waals surface area contributed by atoms with Crippen LogP contribution < -0.4 is 0 Å². The summed E-state index contributed by atoms with van der Waals surface area (Å²) in [6.07, 6.45) is 8.10. The van der Waals surface area contributed by atoms with Crippen molar-refractivity contribution in [3.8, 4) is 28.3 Å². The molecule has 0 aliphatic carbocycles. The second-order valence-corrected chi connectivity index (χ2v) is 7.17. The summed E-state index contributed by atoms with van der Waals surface area (Å²) >= 11 is 0. The van der Waals surface area contributed by atoms with Gasteiger partial charge in [-0.15, -0.1) is 0 Å². The predicted octanol–water partition coefficient (Wildman–Crippen LogP) is 6.37. The average Bonchev–Trinajstić information content (AvgIpc) is 2.74. The number of hydrogen-bond acceptors (Lipinski definition) is 3. The Morgan fingerprint density at radius 2 is 1.46 bits per heavy atom. The Morgan fingerprint density at radius 1 is 0.821 bits per heavy atom. The molecule has 0 spiro atoms. The van der Waals surface area contributed by atoms with Gasteiger partial charge in [0.2, 0.25) is 0 Å². The number of unbranched alkanes of at least 4 members (excludes halogenated alkanes) is 2. The first kappa shape index (κ1) is 20.0. The van der Waals surface area contributed by atoms with Gasteiger partial charge >= 0.3 is 0 Å². The first-order valence-corrected chi connectivity index (χ1v) is 10.0. The smallest absolute Gasteiger partial charge is 0.159 e. The van der Waals surface area contributed by atoms with Crippen LogP contribution >= 0.6 is 0 Å². The van der Waals surface area contributed by atoms with Gasteiger partial charge in [0.15, 0.2) is 5.82 Å². The third-order valence-corrected chi connectivity index (χ3v) is 4.93. The molecule has 0 unspecified atom stereocenters. The summed E-state index contributed by atoms with van der Waals surface area (Å²) in [6, 6.07) is 15.0. The maximum Gasteiger partial charge on any atom is 0.159 e. The van der Waals surface area contributed by atoms with E-state index in [-0.39, 0.29) is 5.75 Å². The first-order valence-electron chi connectivity index (χ1n) is 10.0. The fraction of sp³-hybridized carbons (Fsp3) is 0.333. The second kappa shape index (κ2) is 9.98. The fourth-order valence-electron chi connectivity index (χ4n) is 3.18.